The Morgan fingerprint density at radius 2 is 1.74 bits per heavy atom. The molecule has 1 amide bonds. The average molecular weight is 424 g/mol. The molecule has 1 aromatic carbocycles. The Labute approximate surface area is 178 Å². The van der Waals surface area contributed by atoms with Crippen LogP contribution in [0.4, 0.5) is 0 Å². The van der Waals surface area contributed by atoms with Crippen molar-refractivity contribution < 1.29 is 14.3 Å². The van der Waals surface area contributed by atoms with E-state index in [2.05, 4.69) is 10.3 Å². The number of esters is 1. The van der Waals surface area contributed by atoms with Crippen molar-refractivity contribution in [2.24, 2.45) is 14.1 Å². The van der Waals surface area contributed by atoms with Crippen molar-refractivity contribution in [1.82, 2.24) is 19.4 Å². The summed E-state index contributed by atoms with van der Waals surface area (Å²) >= 11 is 0. The standard InChI is InChI=1S/C22H24N4O5/c1-14-4-6-15(7-5-14)8-11-18(27)23-12-13-31-21(29)17-10-9-16-19(24-17)25(2)22(30)26(3)20(16)28/h4-7,9-10H,8,11-13H2,1-3H3,(H,23,27). The van der Waals surface area contributed by atoms with Crippen LogP contribution in [0.15, 0.2) is 46.0 Å². The van der Waals surface area contributed by atoms with Crippen LogP contribution in [0.25, 0.3) is 11.0 Å². The SMILES string of the molecule is Cc1ccc(CCC(=O)NCCOC(=O)c2ccc3c(=O)n(C)c(=O)n(C)c3n2)cc1. The molecular formula is C22H24N4O5. The van der Waals surface area contributed by atoms with Gasteiger partial charge in [0.05, 0.1) is 11.9 Å². The molecule has 3 rings (SSSR count). The van der Waals surface area contributed by atoms with Crippen LogP contribution < -0.4 is 16.6 Å². The third kappa shape index (κ3) is 5.06. The topological polar surface area (TPSA) is 112 Å². The Hall–Kier alpha value is -3.75. The summed E-state index contributed by atoms with van der Waals surface area (Å²) in [6.07, 6.45) is 0.970. The first-order valence-electron chi connectivity index (χ1n) is 9.84. The molecule has 2 heterocycles. The largest absolute Gasteiger partial charge is 0.459 e. The van der Waals surface area contributed by atoms with Gasteiger partial charge in [0.15, 0.2) is 5.69 Å². The van der Waals surface area contributed by atoms with Crippen LogP contribution >= 0.6 is 0 Å². The van der Waals surface area contributed by atoms with Gasteiger partial charge in [-0.2, -0.15) is 0 Å². The van der Waals surface area contributed by atoms with Gasteiger partial charge in [-0.15, -0.1) is 0 Å². The Morgan fingerprint density at radius 3 is 2.45 bits per heavy atom. The first-order chi connectivity index (χ1) is 14.8. The molecule has 0 radical (unpaired) electrons. The maximum absolute atomic E-state index is 12.3. The quantitative estimate of drug-likeness (QED) is 0.444. The summed E-state index contributed by atoms with van der Waals surface area (Å²) in [4.78, 5) is 52.5. The van der Waals surface area contributed by atoms with Crippen molar-refractivity contribution in [1.29, 1.82) is 0 Å². The highest BCUT2D eigenvalue weighted by atomic mass is 16.5. The molecule has 9 nitrogen and oxygen atoms in total. The number of benzene rings is 1. The third-order valence-electron chi connectivity index (χ3n) is 4.93. The molecule has 0 saturated heterocycles. The second-order valence-electron chi connectivity index (χ2n) is 7.24. The van der Waals surface area contributed by atoms with Gasteiger partial charge in [-0.1, -0.05) is 29.8 Å². The normalized spacial score (nSPS) is 10.8. The molecule has 0 aliphatic heterocycles. The summed E-state index contributed by atoms with van der Waals surface area (Å²) in [6, 6.07) is 10.8. The number of amides is 1. The van der Waals surface area contributed by atoms with Crippen molar-refractivity contribution in [3.8, 4) is 0 Å². The van der Waals surface area contributed by atoms with Crippen molar-refractivity contribution in [2.45, 2.75) is 19.8 Å². The number of carbonyl (C=O) groups is 2. The summed E-state index contributed by atoms with van der Waals surface area (Å²) in [5.74, 6) is -0.838. The number of aryl methyl sites for hydroxylation is 3. The lowest BCUT2D eigenvalue weighted by Gasteiger charge is -2.09. The lowest BCUT2D eigenvalue weighted by atomic mass is 10.1. The van der Waals surface area contributed by atoms with Crippen LogP contribution in [0.1, 0.15) is 28.0 Å². The lowest BCUT2D eigenvalue weighted by molar-refractivity contribution is -0.121. The molecule has 9 heteroatoms. The molecule has 0 bridgehead atoms. The number of rotatable bonds is 7. The van der Waals surface area contributed by atoms with Crippen molar-refractivity contribution >= 4 is 22.9 Å². The van der Waals surface area contributed by atoms with E-state index in [-0.39, 0.29) is 35.8 Å². The molecule has 3 aromatic rings. The maximum Gasteiger partial charge on any atom is 0.357 e. The molecule has 0 spiro atoms. The van der Waals surface area contributed by atoms with Gasteiger partial charge in [-0.05, 0) is 31.0 Å². The summed E-state index contributed by atoms with van der Waals surface area (Å²) in [5.41, 5.74) is 1.30. The van der Waals surface area contributed by atoms with E-state index in [0.29, 0.717) is 12.8 Å². The average Bonchev–Trinajstić information content (AvgIpc) is 2.78. The van der Waals surface area contributed by atoms with Gasteiger partial charge in [0.1, 0.15) is 12.3 Å². The molecule has 0 aliphatic rings. The highest BCUT2D eigenvalue weighted by Crippen LogP contribution is 2.08. The van der Waals surface area contributed by atoms with Crippen LogP contribution in [-0.2, 0) is 30.0 Å². The van der Waals surface area contributed by atoms with E-state index >= 15 is 0 Å². The van der Waals surface area contributed by atoms with Gasteiger partial charge in [0, 0.05) is 20.5 Å². The van der Waals surface area contributed by atoms with Crippen molar-refractivity contribution in [3.05, 3.63) is 74.1 Å². The Bertz CT molecular complexity index is 1240. The Morgan fingerprint density at radius 1 is 1.03 bits per heavy atom. The monoisotopic (exact) mass is 424 g/mol. The van der Waals surface area contributed by atoms with E-state index in [9.17, 15) is 19.2 Å². The highest BCUT2D eigenvalue weighted by molar-refractivity contribution is 5.90. The van der Waals surface area contributed by atoms with Gasteiger partial charge >= 0.3 is 11.7 Å². The van der Waals surface area contributed by atoms with Crippen molar-refractivity contribution in [2.75, 3.05) is 13.2 Å². The molecular weight excluding hydrogens is 400 g/mol. The van der Waals surface area contributed by atoms with Crippen LogP contribution in [0.5, 0.6) is 0 Å². The third-order valence-corrected chi connectivity index (χ3v) is 4.93. The van der Waals surface area contributed by atoms with Crippen LogP contribution in [0.3, 0.4) is 0 Å². The van der Waals surface area contributed by atoms with Gasteiger partial charge in [-0.25, -0.2) is 14.6 Å². The van der Waals surface area contributed by atoms with Gasteiger partial charge in [-0.3, -0.25) is 18.7 Å². The zero-order valence-electron chi connectivity index (χ0n) is 17.7. The summed E-state index contributed by atoms with van der Waals surface area (Å²) < 4.78 is 7.31. The molecule has 31 heavy (non-hydrogen) atoms. The van der Waals surface area contributed by atoms with E-state index in [1.165, 1.54) is 36.4 Å². The Balaban J connectivity index is 1.52. The number of hydrogen-bond donors (Lipinski definition) is 1. The van der Waals surface area contributed by atoms with E-state index in [0.717, 1.165) is 10.1 Å². The smallest absolute Gasteiger partial charge is 0.357 e. The van der Waals surface area contributed by atoms with E-state index in [4.69, 9.17) is 4.74 Å². The summed E-state index contributed by atoms with van der Waals surface area (Å²) in [6.45, 7) is 2.16. The predicted molar refractivity (Wildman–Crippen MR) is 115 cm³/mol. The number of nitrogens with one attached hydrogen (secondary N) is 1. The van der Waals surface area contributed by atoms with Crippen LogP contribution in [0, 0.1) is 6.92 Å². The first-order valence-corrected chi connectivity index (χ1v) is 9.84. The molecule has 1 N–H and O–H groups in total. The minimum Gasteiger partial charge on any atom is -0.459 e. The highest BCUT2D eigenvalue weighted by Gasteiger charge is 2.15. The van der Waals surface area contributed by atoms with Crippen LogP contribution in [-0.4, -0.2) is 39.1 Å². The van der Waals surface area contributed by atoms with Crippen molar-refractivity contribution in [3.63, 3.8) is 0 Å². The second kappa shape index (κ2) is 9.38. The zero-order valence-corrected chi connectivity index (χ0v) is 17.7. The molecule has 0 unspecified atom stereocenters. The van der Waals surface area contributed by atoms with Gasteiger partial charge in [0.25, 0.3) is 5.56 Å². The summed E-state index contributed by atoms with van der Waals surface area (Å²) in [5, 5.41) is 2.93. The minimum atomic E-state index is -0.705. The fourth-order valence-electron chi connectivity index (χ4n) is 3.08. The fraction of sp³-hybridized carbons (Fsp3) is 0.318. The van der Waals surface area contributed by atoms with E-state index < -0.39 is 17.2 Å². The summed E-state index contributed by atoms with van der Waals surface area (Å²) in [7, 11) is 2.85. The second-order valence-corrected chi connectivity index (χ2v) is 7.24. The number of hydrogen-bond acceptors (Lipinski definition) is 6. The zero-order chi connectivity index (χ0) is 22.5. The molecule has 162 valence electrons. The molecule has 0 atom stereocenters. The number of nitrogens with zero attached hydrogens (tertiary/aromatic N) is 3. The number of carbonyl (C=O) groups excluding carboxylic acids is 2. The molecule has 2 aromatic heterocycles. The predicted octanol–water partition coefficient (Wildman–Crippen LogP) is 0.846. The van der Waals surface area contributed by atoms with Crippen LogP contribution in [0.2, 0.25) is 0 Å². The number of aromatic nitrogens is 3. The number of ether oxygens (including phenoxy) is 1. The Kier molecular flexibility index (Phi) is 6.64. The number of pyridine rings is 1. The minimum absolute atomic E-state index is 0.0235. The molecule has 0 fully saturated rings. The number of fused-ring (bicyclic) bond motifs is 1. The van der Waals surface area contributed by atoms with E-state index in [1.807, 2.05) is 31.2 Å². The van der Waals surface area contributed by atoms with Gasteiger partial charge < -0.3 is 10.1 Å². The maximum atomic E-state index is 12.3. The van der Waals surface area contributed by atoms with E-state index in [1.54, 1.807) is 0 Å². The van der Waals surface area contributed by atoms with Gasteiger partial charge in [0.2, 0.25) is 5.91 Å². The molecule has 0 aliphatic carbocycles. The lowest BCUT2D eigenvalue weighted by Crippen LogP contribution is -2.37. The fourth-order valence-corrected chi connectivity index (χ4v) is 3.08. The first kappa shape index (κ1) is 21.9. The molecule has 0 saturated carbocycles.